The van der Waals surface area contributed by atoms with Gasteiger partial charge in [0.15, 0.2) is 5.13 Å². The second kappa shape index (κ2) is 6.91. The minimum atomic E-state index is -3.57. The van der Waals surface area contributed by atoms with E-state index in [1.54, 1.807) is 13.8 Å². The summed E-state index contributed by atoms with van der Waals surface area (Å²) in [5.74, 6) is -0.333. The first-order valence-electron chi connectivity index (χ1n) is 7.64. The highest BCUT2D eigenvalue weighted by molar-refractivity contribution is 7.89. The summed E-state index contributed by atoms with van der Waals surface area (Å²) in [5.41, 5.74) is 1.19. The number of thiazole rings is 1. The van der Waals surface area contributed by atoms with E-state index >= 15 is 0 Å². The van der Waals surface area contributed by atoms with Crippen molar-refractivity contribution in [3.8, 4) is 0 Å². The van der Waals surface area contributed by atoms with Crippen LogP contribution in [-0.2, 0) is 10.0 Å². The number of fused-ring (bicyclic) bond motifs is 1. The Labute approximate surface area is 150 Å². The van der Waals surface area contributed by atoms with E-state index in [-0.39, 0.29) is 16.8 Å². The summed E-state index contributed by atoms with van der Waals surface area (Å²) in [6, 6.07) is 13.2. The zero-order valence-electron chi connectivity index (χ0n) is 13.7. The van der Waals surface area contributed by atoms with E-state index in [0.29, 0.717) is 10.7 Å². The molecule has 3 aromatic rings. The van der Waals surface area contributed by atoms with E-state index in [2.05, 4.69) is 15.0 Å². The van der Waals surface area contributed by atoms with E-state index in [0.717, 1.165) is 10.2 Å². The molecule has 0 radical (unpaired) electrons. The van der Waals surface area contributed by atoms with Crippen LogP contribution in [0, 0.1) is 0 Å². The van der Waals surface area contributed by atoms with Crippen LogP contribution in [-0.4, -0.2) is 25.4 Å². The minimum Gasteiger partial charge on any atom is -0.298 e. The van der Waals surface area contributed by atoms with Gasteiger partial charge in [0.2, 0.25) is 10.0 Å². The van der Waals surface area contributed by atoms with E-state index < -0.39 is 10.0 Å². The van der Waals surface area contributed by atoms with Gasteiger partial charge in [-0.05, 0) is 50.2 Å². The number of hydrogen-bond donors (Lipinski definition) is 2. The number of carbonyl (C=O) groups excluding carboxylic acids is 1. The van der Waals surface area contributed by atoms with E-state index in [4.69, 9.17) is 0 Å². The molecule has 8 heteroatoms. The molecular weight excluding hydrogens is 358 g/mol. The molecule has 0 aliphatic heterocycles. The lowest BCUT2D eigenvalue weighted by Crippen LogP contribution is -2.30. The van der Waals surface area contributed by atoms with Crippen LogP contribution in [0.5, 0.6) is 0 Å². The van der Waals surface area contributed by atoms with Crippen LogP contribution in [0.3, 0.4) is 0 Å². The molecular formula is C17H17N3O3S2. The monoisotopic (exact) mass is 375 g/mol. The fourth-order valence-corrected chi connectivity index (χ4v) is 4.37. The second-order valence-corrected chi connectivity index (χ2v) is 8.49. The molecule has 1 amide bonds. The van der Waals surface area contributed by atoms with Gasteiger partial charge >= 0.3 is 0 Å². The van der Waals surface area contributed by atoms with Crippen molar-refractivity contribution in [2.75, 3.05) is 5.32 Å². The standard InChI is InChI=1S/C17H17N3O3S2/c1-11(2)20-25(22,23)13-9-7-12(8-10-13)16(21)19-17-18-14-5-3-4-6-15(14)24-17/h3-11,20H,1-2H3,(H,18,19,21). The van der Waals surface area contributed by atoms with Gasteiger partial charge in [-0.1, -0.05) is 23.5 Å². The zero-order valence-corrected chi connectivity index (χ0v) is 15.3. The summed E-state index contributed by atoms with van der Waals surface area (Å²) in [6.07, 6.45) is 0. The number of sulfonamides is 1. The van der Waals surface area contributed by atoms with Gasteiger partial charge in [0.25, 0.3) is 5.91 Å². The smallest absolute Gasteiger partial charge is 0.257 e. The summed E-state index contributed by atoms with van der Waals surface area (Å²) in [4.78, 5) is 16.8. The number of hydrogen-bond acceptors (Lipinski definition) is 5. The second-order valence-electron chi connectivity index (χ2n) is 5.74. The van der Waals surface area contributed by atoms with Crippen LogP contribution >= 0.6 is 11.3 Å². The first-order valence-corrected chi connectivity index (χ1v) is 9.94. The van der Waals surface area contributed by atoms with Crippen molar-refractivity contribution in [3.05, 3.63) is 54.1 Å². The maximum Gasteiger partial charge on any atom is 0.257 e. The van der Waals surface area contributed by atoms with Crippen molar-refractivity contribution in [1.82, 2.24) is 9.71 Å². The number of amides is 1. The van der Waals surface area contributed by atoms with Crippen LogP contribution in [0.4, 0.5) is 5.13 Å². The van der Waals surface area contributed by atoms with Gasteiger partial charge in [-0.25, -0.2) is 18.1 Å². The van der Waals surface area contributed by atoms with Crippen LogP contribution in [0.1, 0.15) is 24.2 Å². The molecule has 1 heterocycles. The normalized spacial score (nSPS) is 11.8. The molecule has 2 N–H and O–H groups in total. The number of para-hydroxylation sites is 1. The van der Waals surface area contributed by atoms with Crippen molar-refractivity contribution in [1.29, 1.82) is 0 Å². The number of benzene rings is 2. The summed E-state index contributed by atoms with van der Waals surface area (Å²) in [5, 5.41) is 3.25. The maximum absolute atomic E-state index is 12.3. The largest absolute Gasteiger partial charge is 0.298 e. The van der Waals surface area contributed by atoms with Crippen molar-refractivity contribution in [2.24, 2.45) is 0 Å². The Kier molecular flexibility index (Phi) is 4.85. The molecule has 0 saturated heterocycles. The number of anilines is 1. The molecule has 2 aromatic carbocycles. The number of nitrogens with zero attached hydrogens (tertiary/aromatic N) is 1. The molecule has 0 spiro atoms. The maximum atomic E-state index is 12.3. The third-order valence-electron chi connectivity index (χ3n) is 3.33. The summed E-state index contributed by atoms with van der Waals surface area (Å²) < 4.78 is 27.7. The molecule has 0 saturated carbocycles. The molecule has 25 heavy (non-hydrogen) atoms. The third kappa shape index (κ3) is 4.04. The van der Waals surface area contributed by atoms with Crippen molar-refractivity contribution < 1.29 is 13.2 Å². The molecule has 0 aliphatic carbocycles. The summed E-state index contributed by atoms with van der Waals surface area (Å²) >= 11 is 1.39. The summed E-state index contributed by atoms with van der Waals surface area (Å²) in [6.45, 7) is 3.49. The fraction of sp³-hybridized carbons (Fsp3) is 0.176. The van der Waals surface area contributed by atoms with Crippen molar-refractivity contribution in [3.63, 3.8) is 0 Å². The average molecular weight is 375 g/mol. The fourth-order valence-electron chi connectivity index (χ4n) is 2.26. The highest BCUT2D eigenvalue weighted by atomic mass is 32.2. The van der Waals surface area contributed by atoms with Gasteiger partial charge in [0.05, 0.1) is 15.1 Å². The first kappa shape index (κ1) is 17.5. The topological polar surface area (TPSA) is 88.2 Å². The lowest BCUT2D eigenvalue weighted by atomic mass is 10.2. The quantitative estimate of drug-likeness (QED) is 0.717. The zero-order chi connectivity index (χ0) is 18.0. The van der Waals surface area contributed by atoms with Crippen LogP contribution in [0.2, 0.25) is 0 Å². The van der Waals surface area contributed by atoms with Gasteiger partial charge in [-0.3, -0.25) is 10.1 Å². The number of aromatic nitrogens is 1. The van der Waals surface area contributed by atoms with Crippen molar-refractivity contribution >= 4 is 42.6 Å². The van der Waals surface area contributed by atoms with Gasteiger partial charge < -0.3 is 0 Å². The molecule has 0 fully saturated rings. The SMILES string of the molecule is CC(C)NS(=O)(=O)c1ccc(C(=O)Nc2nc3ccccc3s2)cc1. The number of rotatable bonds is 5. The predicted octanol–water partition coefficient (Wildman–Crippen LogP) is 3.24. The van der Waals surface area contributed by atoms with Crippen molar-refractivity contribution in [2.45, 2.75) is 24.8 Å². The van der Waals surface area contributed by atoms with Crippen LogP contribution in [0.15, 0.2) is 53.4 Å². The molecule has 130 valence electrons. The van der Waals surface area contributed by atoms with E-state index in [9.17, 15) is 13.2 Å². The Balaban J connectivity index is 1.76. The molecule has 0 atom stereocenters. The lowest BCUT2D eigenvalue weighted by Gasteiger charge is -2.09. The lowest BCUT2D eigenvalue weighted by molar-refractivity contribution is 0.102. The van der Waals surface area contributed by atoms with Gasteiger partial charge in [-0.2, -0.15) is 0 Å². The average Bonchev–Trinajstić information content (AvgIpc) is 2.96. The molecule has 6 nitrogen and oxygen atoms in total. The Morgan fingerprint density at radius 1 is 1.08 bits per heavy atom. The molecule has 3 rings (SSSR count). The molecule has 0 aliphatic rings. The van der Waals surface area contributed by atoms with Crippen LogP contribution < -0.4 is 10.0 Å². The Bertz CT molecular complexity index is 976. The number of nitrogens with one attached hydrogen (secondary N) is 2. The van der Waals surface area contributed by atoms with Gasteiger partial charge in [0.1, 0.15) is 0 Å². The Morgan fingerprint density at radius 2 is 1.76 bits per heavy atom. The molecule has 0 unspecified atom stereocenters. The van der Waals surface area contributed by atoms with Crippen LogP contribution in [0.25, 0.3) is 10.2 Å². The third-order valence-corrected chi connectivity index (χ3v) is 5.96. The molecule has 1 aromatic heterocycles. The minimum absolute atomic E-state index is 0.123. The van der Waals surface area contributed by atoms with E-state index in [1.165, 1.54) is 35.6 Å². The number of carbonyl (C=O) groups is 1. The van der Waals surface area contributed by atoms with E-state index in [1.807, 2.05) is 24.3 Å². The predicted molar refractivity (Wildman–Crippen MR) is 99.5 cm³/mol. The first-order chi connectivity index (χ1) is 11.8. The van der Waals surface area contributed by atoms with Gasteiger partial charge in [-0.15, -0.1) is 0 Å². The molecule has 0 bridgehead atoms. The highest BCUT2D eigenvalue weighted by Gasteiger charge is 2.16. The Hall–Kier alpha value is -2.29. The summed E-state index contributed by atoms with van der Waals surface area (Å²) in [7, 11) is -3.57. The van der Waals surface area contributed by atoms with Gasteiger partial charge in [0, 0.05) is 11.6 Å². The Morgan fingerprint density at radius 3 is 2.40 bits per heavy atom. The highest BCUT2D eigenvalue weighted by Crippen LogP contribution is 2.25.